The van der Waals surface area contributed by atoms with Crippen LogP contribution in [0.15, 0.2) is 152 Å². The molecule has 214 valence electrons. The fraction of sp³-hybridized carbons (Fsp3) is 0. The molecule has 0 fully saturated rings. The van der Waals surface area contributed by atoms with Crippen molar-refractivity contribution in [1.29, 1.82) is 0 Å². The number of pyridine rings is 3. The standard InChI is InChI=1S/C41H25N5/c1-3-10-26(11-4-1)35-24-36(27-12-5-2-6-13-27)46-41(45-35)30-19-17-29(18-20-30)38-37-32-22-21-28-14-9-23-42-39(28)40(32)43-25-33(37)31-15-7-8-16-34(31)44-38/h1-25H. The van der Waals surface area contributed by atoms with E-state index in [1.54, 1.807) is 0 Å². The van der Waals surface area contributed by atoms with E-state index < -0.39 is 0 Å². The van der Waals surface area contributed by atoms with Crippen molar-refractivity contribution in [3.63, 3.8) is 0 Å². The number of hydrogen-bond donors (Lipinski definition) is 0. The van der Waals surface area contributed by atoms with Gasteiger partial charge in [0, 0.05) is 61.6 Å². The summed E-state index contributed by atoms with van der Waals surface area (Å²) in [5.74, 6) is 0.676. The smallest absolute Gasteiger partial charge is 0.160 e. The van der Waals surface area contributed by atoms with Gasteiger partial charge in [0.25, 0.3) is 0 Å². The van der Waals surface area contributed by atoms with Crippen molar-refractivity contribution in [1.82, 2.24) is 24.9 Å². The summed E-state index contributed by atoms with van der Waals surface area (Å²) in [6.07, 6.45) is 3.80. The van der Waals surface area contributed by atoms with Gasteiger partial charge in [-0.15, -0.1) is 0 Å². The Kier molecular flexibility index (Phi) is 6.06. The van der Waals surface area contributed by atoms with Crippen LogP contribution in [0.25, 0.3) is 88.6 Å². The predicted octanol–water partition coefficient (Wildman–Crippen LogP) is 9.94. The highest BCUT2D eigenvalue weighted by Crippen LogP contribution is 2.38. The van der Waals surface area contributed by atoms with Gasteiger partial charge >= 0.3 is 0 Å². The molecule has 5 nitrogen and oxygen atoms in total. The molecule has 4 heterocycles. The molecule has 0 aliphatic carbocycles. The Bertz CT molecular complexity index is 2510. The zero-order valence-electron chi connectivity index (χ0n) is 24.7. The third-order valence-corrected chi connectivity index (χ3v) is 8.55. The quantitative estimate of drug-likeness (QED) is 0.192. The van der Waals surface area contributed by atoms with Crippen LogP contribution in [-0.2, 0) is 0 Å². The van der Waals surface area contributed by atoms with Gasteiger partial charge in [-0.25, -0.2) is 15.0 Å². The Morgan fingerprint density at radius 2 is 1.09 bits per heavy atom. The lowest BCUT2D eigenvalue weighted by Crippen LogP contribution is -1.96. The number of nitrogens with zero attached hydrogens (tertiary/aromatic N) is 5. The van der Waals surface area contributed by atoms with Crippen molar-refractivity contribution in [2.75, 3.05) is 0 Å². The van der Waals surface area contributed by atoms with Crippen molar-refractivity contribution >= 4 is 43.5 Å². The highest BCUT2D eigenvalue weighted by atomic mass is 14.9. The number of fused-ring (bicyclic) bond motifs is 7. The van der Waals surface area contributed by atoms with E-state index in [1.807, 2.05) is 60.9 Å². The van der Waals surface area contributed by atoms with Gasteiger partial charge in [-0.1, -0.05) is 121 Å². The molecule has 0 spiro atoms. The van der Waals surface area contributed by atoms with Gasteiger partial charge < -0.3 is 0 Å². The lowest BCUT2D eigenvalue weighted by Gasteiger charge is -2.14. The number of hydrogen-bond acceptors (Lipinski definition) is 5. The maximum absolute atomic E-state index is 5.23. The molecule has 46 heavy (non-hydrogen) atoms. The van der Waals surface area contributed by atoms with Gasteiger partial charge in [-0.2, -0.15) is 0 Å². The Morgan fingerprint density at radius 3 is 1.83 bits per heavy atom. The molecular weight excluding hydrogens is 562 g/mol. The monoisotopic (exact) mass is 587 g/mol. The zero-order chi connectivity index (χ0) is 30.5. The van der Waals surface area contributed by atoms with Crippen molar-refractivity contribution in [3.05, 3.63) is 152 Å². The van der Waals surface area contributed by atoms with Crippen LogP contribution in [0.4, 0.5) is 0 Å². The Hall–Kier alpha value is -6.33. The van der Waals surface area contributed by atoms with Crippen LogP contribution < -0.4 is 0 Å². The second-order valence-corrected chi connectivity index (χ2v) is 11.3. The topological polar surface area (TPSA) is 64.5 Å². The van der Waals surface area contributed by atoms with Crippen LogP contribution in [0, 0.1) is 0 Å². The molecule has 0 aliphatic rings. The van der Waals surface area contributed by atoms with Gasteiger partial charge in [0.2, 0.25) is 0 Å². The number of para-hydroxylation sites is 1. The van der Waals surface area contributed by atoms with E-state index in [2.05, 4.69) is 96.0 Å². The number of aromatic nitrogens is 5. The van der Waals surface area contributed by atoms with Crippen LogP contribution in [0.1, 0.15) is 0 Å². The number of benzene rings is 5. The van der Waals surface area contributed by atoms with Gasteiger partial charge in [-0.05, 0) is 18.2 Å². The minimum Gasteiger partial charge on any atom is -0.254 e. The third kappa shape index (κ3) is 4.37. The summed E-state index contributed by atoms with van der Waals surface area (Å²) in [4.78, 5) is 24.9. The second kappa shape index (κ2) is 10.7. The summed E-state index contributed by atoms with van der Waals surface area (Å²) >= 11 is 0. The Morgan fingerprint density at radius 1 is 0.413 bits per heavy atom. The fourth-order valence-corrected chi connectivity index (χ4v) is 6.31. The van der Waals surface area contributed by atoms with E-state index in [1.165, 1.54) is 0 Å². The molecule has 0 saturated heterocycles. The maximum Gasteiger partial charge on any atom is 0.160 e. The molecule has 0 saturated carbocycles. The largest absolute Gasteiger partial charge is 0.254 e. The van der Waals surface area contributed by atoms with Crippen LogP contribution in [0.3, 0.4) is 0 Å². The molecule has 0 radical (unpaired) electrons. The lowest BCUT2D eigenvalue weighted by molar-refractivity contribution is 1.18. The van der Waals surface area contributed by atoms with Crippen LogP contribution in [0.2, 0.25) is 0 Å². The average Bonchev–Trinajstić information content (AvgIpc) is 3.14. The molecular formula is C41H25N5. The van der Waals surface area contributed by atoms with Crippen molar-refractivity contribution < 1.29 is 0 Å². The van der Waals surface area contributed by atoms with Gasteiger partial charge in [0.05, 0.1) is 33.6 Å². The molecule has 0 atom stereocenters. The van der Waals surface area contributed by atoms with Crippen molar-refractivity contribution in [3.8, 4) is 45.2 Å². The molecule has 9 rings (SSSR count). The highest BCUT2D eigenvalue weighted by molar-refractivity contribution is 6.23. The van der Waals surface area contributed by atoms with Crippen molar-refractivity contribution in [2.24, 2.45) is 0 Å². The van der Waals surface area contributed by atoms with E-state index in [4.69, 9.17) is 19.9 Å². The van der Waals surface area contributed by atoms with Gasteiger partial charge in [-0.3, -0.25) is 9.97 Å². The van der Waals surface area contributed by atoms with E-state index in [0.29, 0.717) is 5.82 Å². The summed E-state index contributed by atoms with van der Waals surface area (Å²) < 4.78 is 0. The first-order valence-corrected chi connectivity index (χ1v) is 15.3. The van der Waals surface area contributed by atoms with Crippen LogP contribution >= 0.6 is 0 Å². The normalized spacial score (nSPS) is 11.5. The fourth-order valence-electron chi connectivity index (χ4n) is 6.31. The van der Waals surface area contributed by atoms with E-state index in [9.17, 15) is 0 Å². The third-order valence-electron chi connectivity index (χ3n) is 8.55. The SMILES string of the molecule is c1ccc(-c2cc(-c3ccccc3)nc(-c3ccc(-c4nc5ccccc5c5cnc6c(ccc7cccnc76)c45)cc3)n2)cc1. The second-order valence-electron chi connectivity index (χ2n) is 11.3. The Balaban J connectivity index is 1.24. The molecule has 4 aromatic heterocycles. The van der Waals surface area contributed by atoms with Gasteiger partial charge in [0.15, 0.2) is 5.82 Å². The van der Waals surface area contributed by atoms with E-state index >= 15 is 0 Å². The summed E-state index contributed by atoms with van der Waals surface area (Å²) in [7, 11) is 0. The first-order valence-electron chi connectivity index (χ1n) is 15.3. The first-order chi connectivity index (χ1) is 22.8. The minimum absolute atomic E-state index is 0.676. The molecule has 5 heteroatoms. The maximum atomic E-state index is 5.23. The summed E-state index contributed by atoms with van der Waals surface area (Å²) in [5, 5.41) is 5.31. The predicted molar refractivity (Wildman–Crippen MR) is 187 cm³/mol. The number of rotatable bonds is 4. The Labute approximate surface area is 264 Å². The summed E-state index contributed by atoms with van der Waals surface area (Å²) in [6.45, 7) is 0. The highest BCUT2D eigenvalue weighted by Gasteiger charge is 2.17. The lowest BCUT2D eigenvalue weighted by atomic mass is 9.96. The molecule has 0 amide bonds. The summed E-state index contributed by atoms with van der Waals surface area (Å²) in [6, 6.07) is 47.6. The van der Waals surface area contributed by atoms with E-state index in [0.717, 1.165) is 82.8 Å². The minimum atomic E-state index is 0.676. The summed E-state index contributed by atoms with van der Waals surface area (Å²) in [5.41, 5.74) is 9.42. The first kappa shape index (κ1) is 26.1. The van der Waals surface area contributed by atoms with Crippen molar-refractivity contribution in [2.45, 2.75) is 0 Å². The molecule has 0 bridgehead atoms. The average molecular weight is 588 g/mol. The van der Waals surface area contributed by atoms with Gasteiger partial charge in [0.1, 0.15) is 0 Å². The van der Waals surface area contributed by atoms with Crippen LogP contribution in [0.5, 0.6) is 0 Å². The zero-order valence-corrected chi connectivity index (χ0v) is 24.7. The van der Waals surface area contributed by atoms with E-state index in [-0.39, 0.29) is 0 Å². The molecule has 0 N–H and O–H groups in total. The molecule has 0 unspecified atom stereocenters. The molecule has 9 aromatic rings. The molecule has 5 aromatic carbocycles. The molecule has 0 aliphatic heterocycles. The van der Waals surface area contributed by atoms with Crippen LogP contribution in [-0.4, -0.2) is 24.9 Å².